The summed E-state index contributed by atoms with van der Waals surface area (Å²) in [5.41, 5.74) is 14.9. The first-order valence-electron chi connectivity index (χ1n) is 21.0. The highest BCUT2D eigenvalue weighted by molar-refractivity contribution is 5.66. The molecular formula is C48H58N2. The first-order valence-corrected chi connectivity index (χ1v) is 21.0. The van der Waals surface area contributed by atoms with Crippen LogP contribution in [-0.2, 0) is 0 Å². The Hall–Kier alpha value is -3.26. The number of anilines is 1. The number of nitrogens with zero attached hydrogens (tertiary/aromatic N) is 2. The predicted molar refractivity (Wildman–Crippen MR) is 209 cm³/mol. The Morgan fingerprint density at radius 2 is 1.56 bits per heavy atom. The van der Waals surface area contributed by atoms with E-state index in [1.807, 2.05) is 0 Å². The lowest BCUT2D eigenvalue weighted by atomic mass is 9.75. The summed E-state index contributed by atoms with van der Waals surface area (Å²) in [7, 11) is 0. The summed E-state index contributed by atoms with van der Waals surface area (Å²) < 4.78 is 0. The molecule has 2 heterocycles. The van der Waals surface area contributed by atoms with Gasteiger partial charge >= 0.3 is 0 Å². The second kappa shape index (κ2) is 13.4. The smallest absolute Gasteiger partial charge is 0.0443 e. The number of hydrogen-bond donors (Lipinski definition) is 0. The summed E-state index contributed by atoms with van der Waals surface area (Å²) in [6.07, 6.45) is 48.3. The summed E-state index contributed by atoms with van der Waals surface area (Å²) in [6.45, 7) is 0. The number of rotatable bonds is 5. The van der Waals surface area contributed by atoms with Gasteiger partial charge in [0.2, 0.25) is 0 Å². The SMILES string of the molecule is C1=CC(C2=CC3C4=C(CCC(C5=CC6c7ccccc7N(C7CC=CCC7)C6CC5)=C4)N(C4=CC(C5CCCCC5)=CCC4)C3CC2)CCC1. The molecule has 0 saturated heterocycles. The summed E-state index contributed by atoms with van der Waals surface area (Å²) in [6, 6.07) is 11.3. The predicted octanol–water partition coefficient (Wildman–Crippen LogP) is 12.3. The van der Waals surface area contributed by atoms with Crippen molar-refractivity contribution in [2.45, 2.75) is 146 Å². The molecule has 2 aliphatic heterocycles. The summed E-state index contributed by atoms with van der Waals surface area (Å²) in [5, 5.41) is 0. The monoisotopic (exact) mass is 662 g/mol. The van der Waals surface area contributed by atoms with Crippen LogP contribution in [0.1, 0.15) is 133 Å². The van der Waals surface area contributed by atoms with E-state index in [4.69, 9.17) is 0 Å². The van der Waals surface area contributed by atoms with E-state index in [1.54, 1.807) is 44.8 Å². The van der Waals surface area contributed by atoms with E-state index < -0.39 is 0 Å². The van der Waals surface area contributed by atoms with Gasteiger partial charge in [-0.1, -0.05) is 91.6 Å². The minimum Gasteiger partial charge on any atom is -0.364 e. The summed E-state index contributed by atoms with van der Waals surface area (Å²) in [5.74, 6) is 2.55. The quantitative estimate of drug-likeness (QED) is 0.290. The standard InChI is InChI=1S/C48H58N2/c1-4-13-33(14-5-1)35-17-12-20-40(29-35)50-47-26-23-36(34-15-6-2-7-16-34)30-43(47)44-32-38(25-28-48(44)50)37-24-27-46-42(31-37)41-21-10-11-22-45(41)49(46)39-18-8-3-9-19-39/h3,6,8,10-11,15,17,21-22,29-34,39,42-43,46-47H,1-2,4-5,7,9,12-14,16,18-20,23-28H2. The lowest BCUT2D eigenvalue weighted by Gasteiger charge is -2.40. The highest BCUT2D eigenvalue weighted by Gasteiger charge is 2.45. The molecule has 2 nitrogen and oxygen atoms in total. The van der Waals surface area contributed by atoms with Gasteiger partial charge in [0.25, 0.3) is 0 Å². The van der Waals surface area contributed by atoms with E-state index in [-0.39, 0.29) is 0 Å². The Labute approximate surface area is 302 Å². The minimum atomic E-state index is 0.529. The molecule has 0 amide bonds. The van der Waals surface area contributed by atoms with Gasteiger partial charge < -0.3 is 9.80 Å². The molecule has 7 aliphatic carbocycles. The maximum absolute atomic E-state index is 2.95. The molecule has 0 radical (unpaired) electrons. The Morgan fingerprint density at radius 1 is 0.640 bits per heavy atom. The topological polar surface area (TPSA) is 6.48 Å². The molecule has 50 heavy (non-hydrogen) atoms. The Balaban J connectivity index is 1.00. The molecule has 0 aromatic heterocycles. The van der Waals surface area contributed by atoms with Crippen molar-refractivity contribution in [3.63, 3.8) is 0 Å². The minimum absolute atomic E-state index is 0.529. The number of benzene rings is 1. The highest BCUT2D eigenvalue weighted by atomic mass is 15.2. The first-order chi connectivity index (χ1) is 24.8. The van der Waals surface area contributed by atoms with Crippen LogP contribution in [0.25, 0.3) is 0 Å². The maximum atomic E-state index is 2.95. The van der Waals surface area contributed by atoms with E-state index >= 15 is 0 Å². The van der Waals surface area contributed by atoms with Crippen LogP contribution in [0.4, 0.5) is 5.69 Å². The van der Waals surface area contributed by atoms with Crippen LogP contribution < -0.4 is 4.90 Å². The van der Waals surface area contributed by atoms with Crippen molar-refractivity contribution in [3.8, 4) is 0 Å². The number of allylic oxidation sites excluding steroid dienone is 12. The second-order valence-corrected chi connectivity index (χ2v) is 17.2. The third kappa shape index (κ3) is 5.50. The third-order valence-corrected chi connectivity index (χ3v) is 14.5. The van der Waals surface area contributed by atoms with Crippen LogP contribution >= 0.6 is 0 Å². The molecule has 6 unspecified atom stereocenters. The average Bonchev–Trinajstić information content (AvgIpc) is 3.71. The molecule has 10 rings (SSSR count). The molecule has 1 fully saturated rings. The average molecular weight is 663 g/mol. The van der Waals surface area contributed by atoms with Gasteiger partial charge in [0, 0.05) is 47.0 Å². The van der Waals surface area contributed by atoms with Crippen molar-refractivity contribution in [1.82, 2.24) is 4.90 Å². The van der Waals surface area contributed by atoms with Crippen LogP contribution in [0.2, 0.25) is 0 Å². The van der Waals surface area contributed by atoms with Crippen molar-refractivity contribution < 1.29 is 0 Å². The summed E-state index contributed by atoms with van der Waals surface area (Å²) in [4.78, 5) is 5.82. The second-order valence-electron chi connectivity index (χ2n) is 17.2. The first kappa shape index (κ1) is 31.5. The van der Waals surface area contributed by atoms with Gasteiger partial charge in [0.15, 0.2) is 0 Å². The van der Waals surface area contributed by atoms with Gasteiger partial charge in [-0.05, 0) is 155 Å². The van der Waals surface area contributed by atoms with Gasteiger partial charge in [0.05, 0.1) is 0 Å². The lowest BCUT2D eigenvalue weighted by molar-refractivity contribution is 0.267. The molecule has 1 saturated carbocycles. The van der Waals surface area contributed by atoms with Gasteiger partial charge in [-0.15, -0.1) is 0 Å². The molecule has 260 valence electrons. The van der Waals surface area contributed by atoms with E-state index in [0.717, 1.165) is 5.92 Å². The number of fused-ring (bicyclic) bond motifs is 5. The van der Waals surface area contributed by atoms with E-state index in [1.165, 1.54) is 128 Å². The Kier molecular flexibility index (Phi) is 8.42. The zero-order chi connectivity index (χ0) is 33.0. The molecule has 9 aliphatic rings. The Bertz CT molecular complexity index is 1750. The van der Waals surface area contributed by atoms with Crippen molar-refractivity contribution >= 4 is 5.69 Å². The normalized spacial score (nSPS) is 33.9. The third-order valence-electron chi connectivity index (χ3n) is 14.5. The fraction of sp³-hybridized carbons (Fsp3) is 0.542. The molecule has 0 N–H and O–H groups in total. The van der Waals surface area contributed by atoms with Crippen LogP contribution in [0.15, 0.2) is 118 Å². The van der Waals surface area contributed by atoms with Crippen molar-refractivity contribution in [3.05, 3.63) is 124 Å². The molecule has 1 aromatic rings. The van der Waals surface area contributed by atoms with E-state index in [2.05, 4.69) is 88.7 Å². The molecule has 0 bridgehead atoms. The van der Waals surface area contributed by atoms with Crippen LogP contribution in [0.3, 0.4) is 0 Å². The zero-order valence-electron chi connectivity index (χ0n) is 30.4. The van der Waals surface area contributed by atoms with Gasteiger partial charge in [-0.25, -0.2) is 0 Å². The lowest BCUT2D eigenvalue weighted by Crippen LogP contribution is -2.43. The van der Waals surface area contributed by atoms with E-state index in [0.29, 0.717) is 35.9 Å². The zero-order valence-corrected chi connectivity index (χ0v) is 30.4. The van der Waals surface area contributed by atoms with Crippen LogP contribution in [-0.4, -0.2) is 23.0 Å². The van der Waals surface area contributed by atoms with Crippen LogP contribution in [0, 0.1) is 17.8 Å². The molecule has 1 aromatic carbocycles. The van der Waals surface area contributed by atoms with Gasteiger partial charge in [0.1, 0.15) is 0 Å². The van der Waals surface area contributed by atoms with Crippen molar-refractivity contribution in [1.29, 1.82) is 0 Å². The maximum Gasteiger partial charge on any atom is 0.0443 e. The van der Waals surface area contributed by atoms with Crippen molar-refractivity contribution in [2.24, 2.45) is 17.8 Å². The van der Waals surface area contributed by atoms with Crippen LogP contribution in [0.5, 0.6) is 0 Å². The fourth-order valence-electron chi connectivity index (χ4n) is 12.1. The number of hydrogen-bond acceptors (Lipinski definition) is 2. The molecule has 0 spiro atoms. The fourth-order valence-corrected chi connectivity index (χ4v) is 12.1. The summed E-state index contributed by atoms with van der Waals surface area (Å²) >= 11 is 0. The van der Waals surface area contributed by atoms with E-state index in [9.17, 15) is 0 Å². The Morgan fingerprint density at radius 3 is 2.44 bits per heavy atom. The van der Waals surface area contributed by atoms with Gasteiger partial charge in [-0.2, -0.15) is 0 Å². The largest absolute Gasteiger partial charge is 0.364 e. The van der Waals surface area contributed by atoms with Gasteiger partial charge in [-0.3, -0.25) is 0 Å². The molecule has 6 atom stereocenters. The highest BCUT2D eigenvalue weighted by Crippen LogP contribution is 2.54. The molecular weight excluding hydrogens is 605 g/mol. The van der Waals surface area contributed by atoms with Crippen molar-refractivity contribution in [2.75, 3.05) is 4.90 Å². The molecule has 2 heteroatoms. The number of para-hydroxylation sites is 1.